The molecule has 3 rings (SSSR count). The molecule has 2 heteroatoms. The summed E-state index contributed by atoms with van der Waals surface area (Å²) in [5, 5.41) is 0. The van der Waals surface area contributed by atoms with Crippen molar-refractivity contribution in [3.63, 3.8) is 0 Å². The second kappa shape index (κ2) is 9.75. The summed E-state index contributed by atoms with van der Waals surface area (Å²) >= 11 is 2.04. The monoisotopic (exact) mass is 340 g/mol. The second-order valence-electron chi connectivity index (χ2n) is 7.82. The standard InChI is InChI=1S/C22H33BS/c1-2-3-4-6-17-22(24-21-15-7-5-8-16-21)18-23-19-11-9-12-20(23)14-10-13-19/h5,7-8,15-16,18-20H,2-4,6,9-14,17H2,1H3/b22-18-. The lowest BCUT2D eigenvalue weighted by atomic mass is 9.27. The average molecular weight is 340 g/mol. The van der Waals surface area contributed by atoms with E-state index in [0.29, 0.717) is 0 Å². The van der Waals surface area contributed by atoms with Crippen molar-refractivity contribution in [2.45, 2.75) is 94.1 Å². The number of hydrogen-bond donors (Lipinski definition) is 0. The highest BCUT2D eigenvalue weighted by molar-refractivity contribution is 8.03. The second-order valence-corrected chi connectivity index (χ2v) is 9.02. The molecule has 0 radical (unpaired) electrons. The van der Waals surface area contributed by atoms with Crippen LogP contribution < -0.4 is 0 Å². The van der Waals surface area contributed by atoms with Crippen LogP contribution in [0.4, 0.5) is 0 Å². The number of fused-ring (bicyclic) bond motifs is 2. The maximum absolute atomic E-state index is 2.73. The van der Waals surface area contributed by atoms with Gasteiger partial charge in [0.2, 0.25) is 0 Å². The highest BCUT2D eigenvalue weighted by atomic mass is 32.2. The number of benzene rings is 1. The Morgan fingerprint density at radius 1 is 1.00 bits per heavy atom. The fraction of sp³-hybridized carbons (Fsp3) is 0.636. The third-order valence-electron chi connectivity index (χ3n) is 6.04. The Labute approximate surface area is 154 Å². The van der Waals surface area contributed by atoms with Crippen molar-refractivity contribution in [1.82, 2.24) is 0 Å². The predicted octanol–water partition coefficient (Wildman–Crippen LogP) is 7.78. The molecule has 2 fully saturated rings. The van der Waals surface area contributed by atoms with E-state index in [0.717, 1.165) is 18.3 Å². The van der Waals surface area contributed by atoms with E-state index in [9.17, 15) is 0 Å². The molecule has 2 aliphatic heterocycles. The summed E-state index contributed by atoms with van der Waals surface area (Å²) in [6, 6.07) is 11.0. The molecule has 1 aromatic carbocycles. The zero-order chi connectivity index (χ0) is 16.6. The summed E-state index contributed by atoms with van der Waals surface area (Å²) in [7, 11) is 0. The summed E-state index contributed by atoms with van der Waals surface area (Å²) in [6.07, 6.45) is 15.7. The van der Waals surface area contributed by atoms with Crippen molar-refractivity contribution in [2.75, 3.05) is 0 Å². The van der Waals surface area contributed by atoms with Crippen LogP contribution >= 0.6 is 11.8 Å². The van der Waals surface area contributed by atoms with Gasteiger partial charge in [-0.25, -0.2) is 0 Å². The molecular weight excluding hydrogens is 307 g/mol. The van der Waals surface area contributed by atoms with Gasteiger partial charge in [0.25, 0.3) is 0 Å². The average Bonchev–Trinajstić information content (AvgIpc) is 2.59. The normalized spacial score (nSPS) is 24.2. The zero-order valence-corrected chi connectivity index (χ0v) is 16.2. The molecule has 0 aromatic heterocycles. The van der Waals surface area contributed by atoms with Crippen molar-refractivity contribution < 1.29 is 0 Å². The van der Waals surface area contributed by atoms with E-state index < -0.39 is 0 Å². The largest absolute Gasteiger partial charge is 0.173 e. The van der Waals surface area contributed by atoms with Crippen molar-refractivity contribution in [1.29, 1.82) is 0 Å². The van der Waals surface area contributed by atoms with Gasteiger partial charge in [0.05, 0.1) is 0 Å². The molecule has 2 bridgehead atoms. The van der Waals surface area contributed by atoms with Crippen LogP contribution in [0.2, 0.25) is 11.6 Å². The summed E-state index contributed by atoms with van der Waals surface area (Å²) in [6.45, 7) is 3.18. The summed E-state index contributed by atoms with van der Waals surface area (Å²) < 4.78 is 0. The number of allylic oxidation sites excluding steroid dienone is 1. The molecule has 0 N–H and O–H groups in total. The van der Waals surface area contributed by atoms with Gasteiger partial charge in [0.15, 0.2) is 6.71 Å². The zero-order valence-electron chi connectivity index (χ0n) is 15.4. The lowest BCUT2D eigenvalue weighted by Crippen LogP contribution is -2.33. The molecule has 0 unspecified atom stereocenters. The molecule has 0 spiro atoms. The quantitative estimate of drug-likeness (QED) is 0.264. The number of thioether (sulfide) groups is 1. The maximum atomic E-state index is 2.73. The molecule has 130 valence electrons. The van der Waals surface area contributed by atoms with Gasteiger partial charge in [0, 0.05) is 4.90 Å². The molecule has 0 nitrogen and oxygen atoms in total. The summed E-state index contributed by atoms with van der Waals surface area (Å²) in [5.41, 5.74) is 0. The Hall–Kier alpha value is -0.625. The van der Waals surface area contributed by atoms with E-state index in [2.05, 4.69) is 43.2 Å². The molecular formula is C22H33BS. The lowest BCUT2D eigenvalue weighted by Gasteiger charge is -2.39. The molecule has 0 saturated carbocycles. The minimum atomic E-state index is 0.880. The highest BCUT2D eigenvalue weighted by Crippen LogP contribution is 2.48. The Bertz CT molecular complexity index is 488. The van der Waals surface area contributed by atoms with Crippen LogP contribution in [-0.4, -0.2) is 6.71 Å². The van der Waals surface area contributed by atoms with Crippen molar-refractivity contribution >= 4 is 18.5 Å². The molecule has 0 amide bonds. The van der Waals surface area contributed by atoms with E-state index >= 15 is 0 Å². The van der Waals surface area contributed by atoms with Gasteiger partial charge in [-0.3, -0.25) is 0 Å². The Morgan fingerprint density at radius 2 is 1.67 bits per heavy atom. The van der Waals surface area contributed by atoms with Gasteiger partial charge in [-0.1, -0.05) is 106 Å². The molecule has 0 atom stereocenters. The van der Waals surface area contributed by atoms with Crippen LogP contribution in [0, 0.1) is 0 Å². The molecule has 2 saturated heterocycles. The number of unbranched alkanes of at least 4 members (excludes halogenated alkanes) is 3. The molecule has 2 heterocycles. The Balaban J connectivity index is 1.69. The first kappa shape index (κ1) is 18.2. The topological polar surface area (TPSA) is 0 Å². The molecule has 1 aromatic rings. The lowest BCUT2D eigenvalue weighted by molar-refractivity contribution is 0.447. The van der Waals surface area contributed by atoms with Gasteiger partial charge < -0.3 is 0 Å². The number of rotatable bonds is 8. The van der Waals surface area contributed by atoms with Gasteiger partial charge in [-0.2, -0.15) is 0 Å². The fourth-order valence-corrected chi connectivity index (χ4v) is 5.82. The van der Waals surface area contributed by atoms with Crippen LogP contribution in [0.15, 0.2) is 46.1 Å². The van der Waals surface area contributed by atoms with Gasteiger partial charge >= 0.3 is 0 Å². The highest BCUT2D eigenvalue weighted by Gasteiger charge is 2.37. The molecule has 0 aliphatic carbocycles. The van der Waals surface area contributed by atoms with Crippen LogP contribution in [-0.2, 0) is 0 Å². The fourth-order valence-electron chi connectivity index (χ4n) is 4.75. The first-order valence-corrected chi connectivity index (χ1v) is 11.1. The predicted molar refractivity (Wildman–Crippen MR) is 110 cm³/mol. The van der Waals surface area contributed by atoms with Gasteiger partial charge in [0.1, 0.15) is 0 Å². The van der Waals surface area contributed by atoms with Gasteiger partial charge in [-0.05, 0) is 29.9 Å². The third kappa shape index (κ3) is 5.18. The maximum Gasteiger partial charge on any atom is 0.173 e. The van der Waals surface area contributed by atoms with E-state index in [4.69, 9.17) is 0 Å². The summed E-state index contributed by atoms with van der Waals surface area (Å²) in [5.74, 6) is 4.70. The molecule has 24 heavy (non-hydrogen) atoms. The third-order valence-corrected chi connectivity index (χ3v) is 7.15. The van der Waals surface area contributed by atoms with Crippen LogP contribution in [0.5, 0.6) is 0 Å². The first-order chi connectivity index (χ1) is 11.9. The van der Waals surface area contributed by atoms with Crippen LogP contribution in [0.25, 0.3) is 0 Å². The van der Waals surface area contributed by atoms with Crippen molar-refractivity contribution in [3.8, 4) is 0 Å². The van der Waals surface area contributed by atoms with E-state index in [-0.39, 0.29) is 0 Å². The Kier molecular flexibility index (Phi) is 7.39. The van der Waals surface area contributed by atoms with E-state index in [1.165, 1.54) is 75.5 Å². The SMILES string of the molecule is CCCCCC/C(=C/B1C2CCCC1CCC2)Sc1ccccc1. The minimum absolute atomic E-state index is 0.880. The van der Waals surface area contributed by atoms with E-state index in [1.54, 1.807) is 4.91 Å². The van der Waals surface area contributed by atoms with Crippen molar-refractivity contribution in [3.05, 3.63) is 41.2 Å². The smallest absolute Gasteiger partial charge is 0.105 e. The van der Waals surface area contributed by atoms with Crippen LogP contribution in [0.1, 0.15) is 77.6 Å². The van der Waals surface area contributed by atoms with Crippen molar-refractivity contribution in [2.24, 2.45) is 0 Å². The number of hydrogen-bond acceptors (Lipinski definition) is 1. The Morgan fingerprint density at radius 3 is 2.29 bits per heavy atom. The molecule has 2 aliphatic rings. The first-order valence-electron chi connectivity index (χ1n) is 10.3. The minimum Gasteiger partial charge on any atom is -0.105 e. The van der Waals surface area contributed by atoms with Crippen LogP contribution in [0.3, 0.4) is 0 Å². The van der Waals surface area contributed by atoms with E-state index in [1.807, 2.05) is 11.8 Å². The van der Waals surface area contributed by atoms with Gasteiger partial charge in [-0.15, -0.1) is 5.98 Å². The summed E-state index contributed by atoms with van der Waals surface area (Å²) in [4.78, 5) is 3.07.